The highest BCUT2D eigenvalue weighted by Crippen LogP contribution is 1.98. The number of carbonyl (C=O) groups excluding carboxylic acids is 2. The predicted molar refractivity (Wildman–Crippen MR) is 91.0 cm³/mol. The van der Waals surface area contributed by atoms with Crippen LogP contribution in [0.15, 0.2) is 12.1 Å². The molecule has 1 aromatic rings. The summed E-state index contributed by atoms with van der Waals surface area (Å²) in [5, 5.41) is 23.2. The topological polar surface area (TPSA) is 133 Å². The van der Waals surface area contributed by atoms with Gasteiger partial charge in [-0.15, -0.1) is 10.2 Å². The average Bonchev–Trinajstić information content (AvgIpc) is 2.59. The molecule has 0 saturated carbocycles. The Hall–Kier alpha value is -2.78. The molecule has 1 aromatic heterocycles. The molecule has 0 unspecified atom stereocenters. The smallest absolute Gasteiger partial charge is 0.314 e. The van der Waals surface area contributed by atoms with Crippen LogP contribution in [0, 0.1) is 5.95 Å². The van der Waals surface area contributed by atoms with Crippen molar-refractivity contribution in [1.29, 1.82) is 0 Å². The molecule has 1 atom stereocenters. The Kier molecular flexibility index (Phi) is 9.58. The number of carbonyl (C=O) groups is 3. The number of hydrogen-bond acceptors (Lipinski definition) is 5. The summed E-state index contributed by atoms with van der Waals surface area (Å²) < 4.78 is 12.6. The van der Waals surface area contributed by atoms with Crippen LogP contribution in [0.1, 0.15) is 49.5 Å². The molecule has 10 heteroatoms. The Balaban J connectivity index is 2.03. The van der Waals surface area contributed by atoms with Crippen molar-refractivity contribution in [2.75, 3.05) is 13.1 Å². The van der Waals surface area contributed by atoms with Gasteiger partial charge in [0.15, 0.2) is 5.69 Å². The van der Waals surface area contributed by atoms with E-state index in [-0.39, 0.29) is 24.2 Å². The first-order valence-electron chi connectivity index (χ1n) is 8.42. The summed E-state index contributed by atoms with van der Waals surface area (Å²) in [5.74, 6) is -2.04. The molecule has 0 aromatic carbocycles. The van der Waals surface area contributed by atoms with E-state index in [1.807, 2.05) is 0 Å². The quantitative estimate of drug-likeness (QED) is 0.432. The molecule has 144 valence electrons. The fraction of sp³-hybridized carbons (Fsp3) is 0.562. The van der Waals surface area contributed by atoms with Crippen molar-refractivity contribution >= 4 is 17.9 Å². The van der Waals surface area contributed by atoms with Gasteiger partial charge in [-0.25, -0.2) is 4.79 Å². The molecular formula is C16H24FN5O4. The van der Waals surface area contributed by atoms with Crippen LogP contribution >= 0.6 is 0 Å². The Morgan fingerprint density at radius 2 is 1.81 bits per heavy atom. The fourth-order valence-electron chi connectivity index (χ4n) is 2.05. The zero-order valence-electron chi connectivity index (χ0n) is 14.6. The van der Waals surface area contributed by atoms with E-state index in [0.29, 0.717) is 19.5 Å². The molecule has 0 fully saturated rings. The van der Waals surface area contributed by atoms with E-state index in [0.717, 1.165) is 25.3 Å². The molecule has 0 aliphatic carbocycles. The monoisotopic (exact) mass is 368 g/mol. The van der Waals surface area contributed by atoms with E-state index in [4.69, 9.17) is 5.11 Å². The van der Waals surface area contributed by atoms with Crippen molar-refractivity contribution in [2.24, 2.45) is 0 Å². The summed E-state index contributed by atoms with van der Waals surface area (Å²) in [6, 6.07) is 1.79. The highest BCUT2D eigenvalue weighted by molar-refractivity contribution is 5.91. The standard InChI is InChI=1S/C16H24FN5O4/c1-11(5-8-14(23)24)20-16(26)19-10-4-2-3-9-18-15(25)12-6-7-13(17)22-21-12/h6-7,11H,2-5,8-10H2,1H3,(H,18,25)(H,23,24)(H2,19,20,26)/t11-/m1/s1/i17-1. The molecule has 0 spiro atoms. The van der Waals surface area contributed by atoms with Gasteiger partial charge in [-0.3, -0.25) is 9.59 Å². The molecule has 0 aliphatic heterocycles. The van der Waals surface area contributed by atoms with E-state index in [2.05, 4.69) is 26.1 Å². The summed E-state index contributed by atoms with van der Waals surface area (Å²) in [6.07, 6.45) is 2.64. The zero-order valence-corrected chi connectivity index (χ0v) is 14.6. The SMILES string of the molecule is C[C@H](CCC(=O)O)NC(=O)NCCCCCNC(=O)c1ccc([18F])nn1. The van der Waals surface area contributed by atoms with E-state index >= 15 is 0 Å². The first-order chi connectivity index (χ1) is 12.4. The third kappa shape index (κ3) is 9.50. The number of carboxylic acids is 1. The lowest BCUT2D eigenvalue weighted by Gasteiger charge is -2.13. The number of aromatic nitrogens is 2. The molecule has 0 aliphatic rings. The Bertz CT molecular complexity index is 597. The Morgan fingerprint density at radius 1 is 1.12 bits per heavy atom. The second-order valence-corrected chi connectivity index (χ2v) is 5.79. The number of urea groups is 1. The van der Waals surface area contributed by atoms with Gasteiger partial charge in [0.1, 0.15) is 0 Å². The summed E-state index contributed by atoms with van der Waals surface area (Å²) >= 11 is 0. The lowest BCUT2D eigenvalue weighted by molar-refractivity contribution is -0.137. The summed E-state index contributed by atoms with van der Waals surface area (Å²) in [6.45, 7) is 2.67. The van der Waals surface area contributed by atoms with Gasteiger partial charge in [-0.1, -0.05) is 0 Å². The van der Waals surface area contributed by atoms with Crippen molar-refractivity contribution in [1.82, 2.24) is 26.1 Å². The summed E-state index contributed by atoms with van der Waals surface area (Å²) in [7, 11) is 0. The lowest BCUT2D eigenvalue weighted by Crippen LogP contribution is -2.41. The highest BCUT2D eigenvalue weighted by atomic mass is 18.2. The largest absolute Gasteiger partial charge is 0.481 e. The van der Waals surface area contributed by atoms with E-state index in [9.17, 15) is 18.8 Å². The second kappa shape index (κ2) is 11.7. The number of aliphatic carboxylic acids is 1. The molecule has 1 heterocycles. The molecule has 0 saturated heterocycles. The van der Waals surface area contributed by atoms with Crippen LogP contribution < -0.4 is 16.0 Å². The van der Waals surface area contributed by atoms with Gasteiger partial charge in [-0.2, -0.15) is 4.39 Å². The minimum atomic E-state index is -0.891. The molecule has 0 bridgehead atoms. The maximum absolute atomic E-state index is 12.6. The van der Waals surface area contributed by atoms with Crippen LogP contribution in [0.5, 0.6) is 0 Å². The molecule has 4 N–H and O–H groups in total. The maximum atomic E-state index is 12.6. The third-order valence-electron chi connectivity index (χ3n) is 3.46. The van der Waals surface area contributed by atoms with Crippen LogP contribution in [0.3, 0.4) is 0 Å². The molecular weight excluding hydrogens is 344 g/mol. The average molecular weight is 368 g/mol. The second-order valence-electron chi connectivity index (χ2n) is 5.79. The summed E-state index contributed by atoms with van der Waals surface area (Å²) in [4.78, 5) is 33.7. The van der Waals surface area contributed by atoms with E-state index in [1.54, 1.807) is 6.92 Å². The van der Waals surface area contributed by atoms with Crippen LogP contribution in [0.25, 0.3) is 0 Å². The van der Waals surface area contributed by atoms with Crippen molar-refractivity contribution < 1.29 is 23.9 Å². The molecule has 3 amide bonds. The van der Waals surface area contributed by atoms with E-state index < -0.39 is 17.8 Å². The third-order valence-corrected chi connectivity index (χ3v) is 3.46. The van der Waals surface area contributed by atoms with E-state index in [1.165, 1.54) is 6.07 Å². The molecule has 1 rings (SSSR count). The van der Waals surface area contributed by atoms with Gasteiger partial charge in [0.05, 0.1) is 0 Å². The number of unbranched alkanes of at least 4 members (excludes halogenated alkanes) is 2. The molecule has 26 heavy (non-hydrogen) atoms. The number of carboxylic acid groups (broad SMARTS) is 1. The van der Waals surface area contributed by atoms with Gasteiger partial charge >= 0.3 is 12.0 Å². The Morgan fingerprint density at radius 3 is 2.42 bits per heavy atom. The number of halogens is 1. The lowest BCUT2D eigenvalue weighted by atomic mass is 10.2. The minimum absolute atomic E-state index is 0.0106. The first-order valence-corrected chi connectivity index (χ1v) is 8.42. The van der Waals surface area contributed by atoms with Crippen LogP contribution in [0.4, 0.5) is 9.18 Å². The van der Waals surface area contributed by atoms with Crippen molar-refractivity contribution in [3.05, 3.63) is 23.8 Å². The number of nitrogens with one attached hydrogen (secondary N) is 3. The fourth-order valence-corrected chi connectivity index (χ4v) is 2.05. The number of rotatable bonds is 11. The van der Waals surface area contributed by atoms with Crippen molar-refractivity contribution in [3.63, 3.8) is 0 Å². The maximum Gasteiger partial charge on any atom is 0.314 e. The van der Waals surface area contributed by atoms with Crippen LogP contribution in [-0.4, -0.2) is 52.3 Å². The number of nitrogens with zero attached hydrogens (tertiary/aromatic N) is 2. The molecule has 9 nitrogen and oxygen atoms in total. The predicted octanol–water partition coefficient (Wildman–Crippen LogP) is 1.07. The minimum Gasteiger partial charge on any atom is -0.481 e. The highest BCUT2D eigenvalue weighted by Gasteiger charge is 2.09. The van der Waals surface area contributed by atoms with Gasteiger partial charge < -0.3 is 21.1 Å². The van der Waals surface area contributed by atoms with Crippen molar-refractivity contribution in [3.8, 4) is 0 Å². The Labute approximate surface area is 150 Å². The van der Waals surface area contributed by atoms with Crippen LogP contribution in [0.2, 0.25) is 0 Å². The van der Waals surface area contributed by atoms with Crippen LogP contribution in [-0.2, 0) is 4.79 Å². The first kappa shape index (κ1) is 21.3. The number of hydrogen-bond donors (Lipinski definition) is 4. The van der Waals surface area contributed by atoms with Gasteiger partial charge in [0, 0.05) is 25.6 Å². The normalized spacial score (nSPS) is 11.5. The molecule has 0 radical (unpaired) electrons. The number of amides is 3. The van der Waals surface area contributed by atoms with Gasteiger partial charge in [-0.05, 0) is 44.7 Å². The zero-order chi connectivity index (χ0) is 19.4. The van der Waals surface area contributed by atoms with Gasteiger partial charge in [0.2, 0.25) is 5.95 Å². The van der Waals surface area contributed by atoms with Gasteiger partial charge in [0.25, 0.3) is 5.91 Å². The van der Waals surface area contributed by atoms with Crippen molar-refractivity contribution in [2.45, 2.75) is 45.1 Å². The summed E-state index contributed by atoms with van der Waals surface area (Å²) in [5.41, 5.74) is 0.0572.